The van der Waals surface area contributed by atoms with Crippen molar-refractivity contribution in [2.75, 3.05) is 0 Å². The lowest BCUT2D eigenvalue weighted by molar-refractivity contribution is -0.146. The minimum Gasteiger partial charge on any atom is -0.465 e. The summed E-state index contributed by atoms with van der Waals surface area (Å²) in [5.41, 5.74) is 0. The fourth-order valence-electron chi connectivity index (χ4n) is 1.72. The number of rotatable bonds is 6. The van der Waals surface area contributed by atoms with Crippen molar-refractivity contribution in [2.45, 2.75) is 26.1 Å². The highest BCUT2D eigenvalue weighted by Gasteiger charge is 2.14. The van der Waals surface area contributed by atoms with Crippen LogP contribution in [0.2, 0.25) is 0 Å². The van der Waals surface area contributed by atoms with Crippen LogP contribution in [-0.4, -0.2) is 11.9 Å². The molecular weight excluding hydrogens is 288 g/mol. The zero-order chi connectivity index (χ0) is 15.9. The van der Waals surface area contributed by atoms with Gasteiger partial charge in [-0.05, 0) is 38.1 Å². The molecule has 0 aliphatic heterocycles. The molecule has 0 saturated heterocycles. The third-order valence-electron chi connectivity index (χ3n) is 2.83. The van der Waals surface area contributed by atoms with Gasteiger partial charge in [0.2, 0.25) is 0 Å². The van der Waals surface area contributed by atoms with Crippen LogP contribution in [0.4, 0.5) is 0 Å². The molecule has 0 saturated carbocycles. The zero-order valence-corrected chi connectivity index (χ0v) is 12.2. The predicted molar refractivity (Wildman–Crippen MR) is 75.6 cm³/mol. The SMILES string of the molecule is CC(OC(=O)/C=C/C(=O)OC(C)c1ccco1)c1ccco1. The van der Waals surface area contributed by atoms with Gasteiger partial charge in [0, 0.05) is 12.2 Å². The first-order valence-corrected chi connectivity index (χ1v) is 6.72. The number of esters is 2. The fourth-order valence-corrected chi connectivity index (χ4v) is 1.72. The molecule has 2 aromatic rings. The first-order chi connectivity index (χ1) is 10.6. The molecule has 0 aromatic carbocycles. The van der Waals surface area contributed by atoms with E-state index in [1.807, 2.05) is 0 Å². The highest BCUT2D eigenvalue weighted by Crippen LogP contribution is 2.18. The zero-order valence-electron chi connectivity index (χ0n) is 12.2. The predicted octanol–water partition coefficient (Wildman–Crippen LogP) is 3.34. The molecule has 2 rings (SSSR count). The smallest absolute Gasteiger partial charge is 0.331 e. The van der Waals surface area contributed by atoms with Crippen LogP contribution in [-0.2, 0) is 19.1 Å². The number of carbonyl (C=O) groups is 2. The van der Waals surface area contributed by atoms with E-state index >= 15 is 0 Å². The van der Waals surface area contributed by atoms with Crippen LogP contribution in [0.3, 0.4) is 0 Å². The molecule has 116 valence electrons. The minimum absolute atomic E-state index is 0.524. The Kier molecular flexibility index (Phi) is 5.19. The first-order valence-electron chi connectivity index (χ1n) is 6.72. The summed E-state index contributed by atoms with van der Waals surface area (Å²) < 4.78 is 20.4. The molecule has 0 aliphatic carbocycles. The van der Waals surface area contributed by atoms with Crippen molar-refractivity contribution in [3.63, 3.8) is 0 Å². The molecule has 2 atom stereocenters. The summed E-state index contributed by atoms with van der Waals surface area (Å²) in [4.78, 5) is 23.2. The highest BCUT2D eigenvalue weighted by atomic mass is 16.6. The normalized spacial score (nSPS) is 13.7. The topological polar surface area (TPSA) is 78.9 Å². The average molecular weight is 304 g/mol. The highest BCUT2D eigenvalue weighted by molar-refractivity contribution is 5.91. The van der Waals surface area contributed by atoms with Crippen LogP contribution in [0, 0.1) is 0 Å². The fraction of sp³-hybridized carbons (Fsp3) is 0.250. The number of carbonyl (C=O) groups excluding carboxylic acids is 2. The molecule has 0 N–H and O–H groups in total. The van der Waals surface area contributed by atoms with Gasteiger partial charge in [-0.2, -0.15) is 0 Å². The van der Waals surface area contributed by atoms with Gasteiger partial charge >= 0.3 is 11.9 Å². The molecule has 0 radical (unpaired) electrons. The maximum absolute atomic E-state index is 11.6. The largest absolute Gasteiger partial charge is 0.465 e. The van der Waals surface area contributed by atoms with E-state index in [2.05, 4.69) is 0 Å². The second-order valence-corrected chi connectivity index (χ2v) is 4.52. The van der Waals surface area contributed by atoms with Crippen molar-refractivity contribution in [2.24, 2.45) is 0 Å². The van der Waals surface area contributed by atoms with Gasteiger partial charge in [-0.3, -0.25) is 0 Å². The Balaban J connectivity index is 1.80. The summed E-state index contributed by atoms with van der Waals surface area (Å²) in [5.74, 6) is -0.274. The summed E-state index contributed by atoms with van der Waals surface area (Å²) in [6.45, 7) is 3.34. The van der Waals surface area contributed by atoms with Crippen molar-refractivity contribution in [3.05, 3.63) is 60.5 Å². The molecule has 0 fully saturated rings. The van der Waals surface area contributed by atoms with Crippen molar-refractivity contribution in [1.29, 1.82) is 0 Å². The second-order valence-electron chi connectivity index (χ2n) is 4.52. The molecule has 0 bridgehead atoms. The van der Waals surface area contributed by atoms with Crippen LogP contribution < -0.4 is 0 Å². The van der Waals surface area contributed by atoms with Gasteiger partial charge in [0.25, 0.3) is 0 Å². The number of hydrogen-bond donors (Lipinski definition) is 0. The standard InChI is InChI=1S/C16H16O6/c1-11(13-5-3-9-19-13)21-15(17)7-8-16(18)22-12(2)14-6-4-10-20-14/h3-12H,1-2H3/b8-7+. The van der Waals surface area contributed by atoms with Gasteiger partial charge in [-0.15, -0.1) is 0 Å². The Morgan fingerprint density at radius 1 is 0.909 bits per heavy atom. The van der Waals surface area contributed by atoms with Gasteiger partial charge in [0.05, 0.1) is 12.5 Å². The van der Waals surface area contributed by atoms with Crippen LogP contribution in [0.1, 0.15) is 37.6 Å². The van der Waals surface area contributed by atoms with Crippen LogP contribution >= 0.6 is 0 Å². The molecule has 2 unspecified atom stereocenters. The van der Waals surface area contributed by atoms with Gasteiger partial charge in [-0.25, -0.2) is 9.59 Å². The van der Waals surface area contributed by atoms with Crippen molar-refractivity contribution in [1.82, 2.24) is 0 Å². The molecule has 22 heavy (non-hydrogen) atoms. The van der Waals surface area contributed by atoms with E-state index in [0.717, 1.165) is 12.2 Å². The minimum atomic E-state index is -0.661. The Bertz CT molecular complexity index is 567. The van der Waals surface area contributed by atoms with E-state index in [-0.39, 0.29) is 0 Å². The molecule has 0 aliphatic rings. The van der Waals surface area contributed by atoms with Gasteiger partial charge < -0.3 is 18.3 Å². The van der Waals surface area contributed by atoms with E-state index in [9.17, 15) is 9.59 Å². The van der Waals surface area contributed by atoms with E-state index in [4.69, 9.17) is 18.3 Å². The molecular formula is C16H16O6. The Hall–Kier alpha value is -2.76. The monoisotopic (exact) mass is 304 g/mol. The summed E-state index contributed by atoms with van der Waals surface area (Å²) >= 11 is 0. The van der Waals surface area contributed by atoms with Gasteiger partial charge in [0.15, 0.2) is 12.2 Å². The average Bonchev–Trinajstić information content (AvgIpc) is 3.17. The lowest BCUT2D eigenvalue weighted by Gasteiger charge is -2.09. The Morgan fingerprint density at radius 2 is 1.32 bits per heavy atom. The van der Waals surface area contributed by atoms with E-state index in [1.54, 1.807) is 38.1 Å². The Labute approximate surface area is 127 Å². The molecule has 6 nitrogen and oxygen atoms in total. The third-order valence-corrected chi connectivity index (χ3v) is 2.83. The lowest BCUT2D eigenvalue weighted by Crippen LogP contribution is -2.08. The maximum Gasteiger partial charge on any atom is 0.331 e. The van der Waals surface area contributed by atoms with Crippen LogP contribution in [0.15, 0.2) is 57.8 Å². The van der Waals surface area contributed by atoms with E-state index in [1.165, 1.54) is 12.5 Å². The molecule has 2 aromatic heterocycles. The first kappa shape index (κ1) is 15.6. The van der Waals surface area contributed by atoms with Gasteiger partial charge in [-0.1, -0.05) is 0 Å². The van der Waals surface area contributed by atoms with Gasteiger partial charge in [0.1, 0.15) is 11.5 Å². The lowest BCUT2D eigenvalue weighted by atomic mass is 10.3. The van der Waals surface area contributed by atoms with Crippen molar-refractivity contribution >= 4 is 11.9 Å². The van der Waals surface area contributed by atoms with Crippen LogP contribution in [0.25, 0.3) is 0 Å². The van der Waals surface area contributed by atoms with Crippen LogP contribution in [0.5, 0.6) is 0 Å². The number of hydrogen-bond acceptors (Lipinski definition) is 6. The molecule has 0 spiro atoms. The van der Waals surface area contributed by atoms with Crippen molar-refractivity contribution in [3.8, 4) is 0 Å². The molecule has 6 heteroatoms. The Morgan fingerprint density at radius 3 is 1.64 bits per heavy atom. The number of ether oxygens (including phenoxy) is 2. The quantitative estimate of drug-likeness (QED) is 0.601. The van der Waals surface area contributed by atoms with E-state index < -0.39 is 24.1 Å². The number of furan rings is 2. The second kappa shape index (κ2) is 7.31. The summed E-state index contributed by atoms with van der Waals surface area (Å²) in [6, 6.07) is 6.79. The molecule has 2 heterocycles. The molecule has 0 amide bonds. The maximum atomic E-state index is 11.6. The summed E-state index contributed by atoms with van der Waals surface area (Å²) in [7, 11) is 0. The van der Waals surface area contributed by atoms with E-state index in [0.29, 0.717) is 11.5 Å². The third kappa shape index (κ3) is 4.37. The summed E-state index contributed by atoms with van der Waals surface area (Å²) in [5, 5.41) is 0. The summed E-state index contributed by atoms with van der Waals surface area (Å²) in [6.07, 6.45) is 3.93. The van der Waals surface area contributed by atoms with Crippen molar-refractivity contribution < 1.29 is 27.9 Å².